The van der Waals surface area contributed by atoms with Crippen LogP contribution in [0.2, 0.25) is 5.02 Å². The van der Waals surface area contributed by atoms with Crippen molar-refractivity contribution in [2.75, 3.05) is 0 Å². The lowest BCUT2D eigenvalue weighted by Gasteiger charge is -2.13. The van der Waals surface area contributed by atoms with Crippen LogP contribution in [0.4, 0.5) is 4.39 Å². The number of aromatic nitrogens is 3. The van der Waals surface area contributed by atoms with Gasteiger partial charge in [-0.2, -0.15) is 0 Å². The van der Waals surface area contributed by atoms with Gasteiger partial charge in [-0.05, 0) is 54.4 Å². The summed E-state index contributed by atoms with van der Waals surface area (Å²) in [4.78, 5) is 0. The zero-order valence-electron chi connectivity index (χ0n) is 15.1. The summed E-state index contributed by atoms with van der Waals surface area (Å²) in [5, 5.41) is 10.3. The molecule has 0 saturated heterocycles. The van der Waals surface area contributed by atoms with E-state index >= 15 is 0 Å². The van der Waals surface area contributed by atoms with E-state index in [1.54, 1.807) is 23.9 Å². The third kappa shape index (κ3) is 3.81. The van der Waals surface area contributed by atoms with Gasteiger partial charge in [-0.15, -0.1) is 10.2 Å². The van der Waals surface area contributed by atoms with Gasteiger partial charge in [-0.1, -0.05) is 59.8 Å². The van der Waals surface area contributed by atoms with Gasteiger partial charge in [0.2, 0.25) is 0 Å². The molecule has 1 heterocycles. The fourth-order valence-electron chi connectivity index (χ4n) is 2.94. The number of benzene rings is 3. The van der Waals surface area contributed by atoms with Gasteiger partial charge in [0.1, 0.15) is 5.82 Å². The lowest BCUT2D eigenvalue weighted by molar-refractivity contribution is 0.628. The Kier molecular flexibility index (Phi) is 5.46. The summed E-state index contributed by atoms with van der Waals surface area (Å²) in [6.45, 7) is 2.05. The summed E-state index contributed by atoms with van der Waals surface area (Å²) in [6, 6.07) is 22.1. The first-order chi connectivity index (χ1) is 13.6. The van der Waals surface area contributed by atoms with E-state index in [2.05, 4.69) is 10.2 Å². The molecule has 4 aromatic rings. The van der Waals surface area contributed by atoms with Gasteiger partial charge in [0.25, 0.3) is 0 Å². The van der Waals surface area contributed by atoms with Crippen molar-refractivity contribution in [1.29, 1.82) is 0 Å². The SMILES string of the molecule is Cc1ccccc1-n1c(SCc2ccccc2Cl)nnc1-c1ccc(F)cc1. The van der Waals surface area contributed by atoms with Crippen molar-refractivity contribution in [3.8, 4) is 17.1 Å². The lowest BCUT2D eigenvalue weighted by Crippen LogP contribution is -2.02. The lowest BCUT2D eigenvalue weighted by atomic mass is 10.1. The minimum atomic E-state index is -0.279. The summed E-state index contributed by atoms with van der Waals surface area (Å²) in [7, 11) is 0. The Morgan fingerprint density at radius 1 is 0.929 bits per heavy atom. The molecule has 0 atom stereocenters. The average molecular weight is 410 g/mol. The number of hydrogen-bond donors (Lipinski definition) is 0. The number of para-hydroxylation sites is 1. The quantitative estimate of drug-likeness (QED) is 0.361. The Bertz CT molecular complexity index is 1110. The molecule has 0 spiro atoms. The van der Waals surface area contributed by atoms with Crippen molar-refractivity contribution in [2.45, 2.75) is 17.8 Å². The molecule has 0 bridgehead atoms. The zero-order valence-corrected chi connectivity index (χ0v) is 16.7. The minimum absolute atomic E-state index is 0.279. The van der Waals surface area contributed by atoms with Crippen LogP contribution < -0.4 is 0 Å². The van der Waals surface area contributed by atoms with Crippen LogP contribution in [0.3, 0.4) is 0 Å². The smallest absolute Gasteiger partial charge is 0.196 e. The van der Waals surface area contributed by atoms with Crippen LogP contribution in [-0.4, -0.2) is 14.8 Å². The molecule has 0 fully saturated rings. The summed E-state index contributed by atoms with van der Waals surface area (Å²) in [5.74, 6) is 1.07. The Morgan fingerprint density at radius 2 is 1.64 bits per heavy atom. The van der Waals surface area contributed by atoms with Gasteiger partial charge >= 0.3 is 0 Å². The van der Waals surface area contributed by atoms with Crippen LogP contribution in [0, 0.1) is 12.7 Å². The van der Waals surface area contributed by atoms with Gasteiger partial charge in [0, 0.05) is 16.3 Å². The number of hydrogen-bond acceptors (Lipinski definition) is 3. The number of aryl methyl sites for hydroxylation is 1. The highest BCUT2D eigenvalue weighted by atomic mass is 35.5. The Morgan fingerprint density at radius 3 is 2.39 bits per heavy atom. The molecule has 0 unspecified atom stereocenters. The first-order valence-electron chi connectivity index (χ1n) is 8.77. The van der Waals surface area contributed by atoms with Crippen molar-refractivity contribution >= 4 is 23.4 Å². The minimum Gasteiger partial charge on any atom is -0.270 e. The molecule has 0 saturated carbocycles. The molecular weight excluding hydrogens is 393 g/mol. The highest BCUT2D eigenvalue weighted by molar-refractivity contribution is 7.98. The van der Waals surface area contributed by atoms with E-state index in [0.29, 0.717) is 11.6 Å². The number of nitrogens with zero attached hydrogens (tertiary/aromatic N) is 3. The van der Waals surface area contributed by atoms with Crippen LogP contribution in [0.25, 0.3) is 17.1 Å². The fraction of sp³-hybridized carbons (Fsp3) is 0.0909. The first-order valence-corrected chi connectivity index (χ1v) is 10.1. The maximum Gasteiger partial charge on any atom is 0.196 e. The van der Waals surface area contributed by atoms with Crippen molar-refractivity contribution in [2.24, 2.45) is 0 Å². The molecule has 0 amide bonds. The van der Waals surface area contributed by atoms with E-state index < -0.39 is 0 Å². The highest BCUT2D eigenvalue weighted by Gasteiger charge is 2.18. The summed E-state index contributed by atoms with van der Waals surface area (Å²) in [6.07, 6.45) is 0. The van der Waals surface area contributed by atoms with E-state index in [-0.39, 0.29) is 5.82 Å². The van der Waals surface area contributed by atoms with E-state index in [1.807, 2.05) is 60.0 Å². The van der Waals surface area contributed by atoms with E-state index in [0.717, 1.165) is 32.6 Å². The molecule has 0 aliphatic rings. The summed E-state index contributed by atoms with van der Waals surface area (Å²) >= 11 is 7.86. The van der Waals surface area contributed by atoms with Crippen molar-refractivity contribution in [1.82, 2.24) is 14.8 Å². The first kappa shape index (κ1) is 18.7. The standard InChI is InChI=1S/C22H17ClFN3S/c1-15-6-2-5-9-20(15)27-21(16-10-12-18(24)13-11-16)25-26-22(27)28-14-17-7-3-4-8-19(17)23/h2-13H,14H2,1H3. The maximum atomic E-state index is 13.4. The highest BCUT2D eigenvalue weighted by Crippen LogP contribution is 2.32. The van der Waals surface area contributed by atoms with Crippen LogP contribution >= 0.6 is 23.4 Å². The van der Waals surface area contributed by atoms with Crippen LogP contribution in [0.15, 0.2) is 78.0 Å². The Labute approximate surface area is 172 Å². The normalized spacial score (nSPS) is 11.0. The predicted octanol–water partition coefficient (Wildman–Crippen LogP) is 6.33. The van der Waals surface area contributed by atoms with Crippen molar-refractivity contribution < 1.29 is 4.39 Å². The van der Waals surface area contributed by atoms with E-state index in [1.165, 1.54) is 12.1 Å². The third-order valence-electron chi connectivity index (χ3n) is 4.41. The third-order valence-corrected chi connectivity index (χ3v) is 5.75. The average Bonchev–Trinajstić information content (AvgIpc) is 3.12. The molecule has 1 aromatic heterocycles. The van der Waals surface area contributed by atoms with Gasteiger partial charge < -0.3 is 0 Å². The molecule has 0 aliphatic carbocycles. The molecule has 0 N–H and O–H groups in total. The van der Waals surface area contributed by atoms with Gasteiger partial charge in [-0.25, -0.2) is 4.39 Å². The second kappa shape index (κ2) is 8.17. The monoisotopic (exact) mass is 409 g/mol. The Hall–Kier alpha value is -2.63. The molecule has 28 heavy (non-hydrogen) atoms. The second-order valence-electron chi connectivity index (χ2n) is 6.32. The summed E-state index contributed by atoms with van der Waals surface area (Å²) in [5.41, 5.74) is 3.94. The molecule has 6 heteroatoms. The van der Waals surface area contributed by atoms with Crippen molar-refractivity contribution in [3.63, 3.8) is 0 Å². The molecule has 3 nitrogen and oxygen atoms in total. The van der Waals surface area contributed by atoms with E-state index in [9.17, 15) is 4.39 Å². The van der Waals surface area contributed by atoms with Gasteiger partial charge in [0.05, 0.1) is 5.69 Å². The van der Waals surface area contributed by atoms with Crippen molar-refractivity contribution in [3.05, 3.63) is 94.8 Å². The molecule has 0 radical (unpaired) electrons. The number of rotatable bonds is 5. The molecule has 0 aliphatic heterocycles. The van der Waals surface area contributed by atoms with Crippen LogP contribution in [0.1, 0.15) is 11.1 Å². The maximum absolute atomic E-state index is 13.4. The van der Waals surface area contributed by atoms with Crippen LogP contribution in [0.5, 0.6) is 0 Å². The predicted molar refractivity (Wildman–Crippen MR) is 113 cm³/mol. The second-order valence-corrected chi connectivity index (χ2v) is 7.66. The fourth-order valence-corrected chi connectivity index (χ4v) is 4.17. The molecule has 4 rings (SSSR count). The number of halogens is 2. The van der Waals surface area contributed by atoms with Gasteiger partial charge in [0.15, 0.2) is 11.0 Å². The van der Waals surface area contributed by atoms with Gasteiger partial charge in [-0.3, -0.25) is 4.57 Å². The Balaban J connectivity index is 1.77. The van der Waals surface area contributed by atoms with E-state index in [4.69, 9.17) is 11.6 Å². The van der Waals surface area contributed by atoms with Crippen LogP contribution in [-0.2, 0) is 5.75 Å². The summed E-state index contributed by atoms with van der Waals surface area (Å²) < 4.78 is 15.4. The zero-order chi connectivity index (χ0) is 19.5. The topological polar surface area (TPSA) is 30.7 Å². The molecule has 3 aromatic carbocycles. The molecular formula is C22H17ClFN3S. The molecule has 140 valence electrons. The largest absolute Gasteiger partial charge is 0.270 e. The number of thioether (sulfide) groups is 1.